The number of nitrogens with two attached hydrogens (primary N) is 1. The number of nitrogen functional groups attached to an aromatic ring is 1. The SMILES string of the molecule is CC(C(=O)Nc1ccccc1N)S(=O)(=O)C1CCCC1. The van der Waals surface area contributed by atoms with Crippen molar-refractivity contribution in [3.63, 3.8) is 0 Å². The largest absolute Gasteiger partial charge is 0.397 e. The van der Waals surface area contributed by atoms with E-state index < -0.39 is 21.0 Å². The first-order valence-electron chi connectivity index (χ1n) is 6.81. The molecule has 1 aromatic rings. The van der Waals surface area contributed by atoms with E-state index in [1.165, 1.54) is 6.92 Å². The summed E-state index contributed by atoms with van der Waals surface area (Å²) in [5.74, 6) is -0.519. The summed E-state index contributed by atoms with van der Waals surface area (Å²) in [6.07, 6.45) is 3.16. The number of anilines is 2. The second-order valence-electron chi connectivity index (χ2n) is 5.21. The number of carbonyl (C=O) groups is 1. The lowest BCUT2D eigenvalue weighted by atomic mass is 10.2. The van der Waals surface area contributed by atoms with Crippen molar-refractivity contribution in [3.05, 3.63) is 24.3 Å². The number of benzene rings is 1. The van der Waals surface area contributed by atoms with Gasteiger partial charge in [0.05, 0.1) is 16.6 Å². The number of para-hydroxylation sites is 2. The maximum atomic E-state index is 12.4. The van der Waals surface area contributed by atoms with Gasteiger partial charge < -0.3 is 11.1 Å². The van der Waals surface area contributed by atoms with Gasteiger partial charge in [0, 0.05) is 0 Å². The second kappa shape index (κ2) is 5.83. The average Bonchev–Trinajstić information content (AvgIpc) is 2.95. The van der Waals surface area contributed by atoms with Crippen LogP contribution in [-0.4, -0.2) is 24.8 Å². The number of sulfone groups is 1. The summed E-state index contributed by atoms with van der Waals surface area (Å²) in [5, 5.41) is 1.17. The lowest BCUT2D eigenvalue weighted by Gasteiger charge is -2.18. The van der Waals surface area contributed by atoms with E-state index in [4.69, 9.17) is 5.73 Å². The zero-order chi connectivity index (χ0) is 14.8. The zero-order valence-electron chi connectivity index (χ0n) is 11.5. The van der Waals surface area contributed by atoms with Gasteiger partial charge in [-0.25, -0.2) is 8.42 Å². The van der Waals surface area contributed by atoms with Crippen molar-refractivity contribution in [1.29, 1.82) is 0 Å². The molecule has 0 aliphatic heterocycles. The van der Waals surface area contributed by atoms with Crippen LogP contribution in [0.3, 0.4) is 0 Å². The van der Waals surface area contributed by atoms with Gasteiger partial charge in [-0.1, -0.05) is 25.0 Å². The van der Waals surface area contributed by atoms with E-state index in [0.29, 0.717) is 24.2 Å². The van der Waals surface area contributed by atoms with E-state index in [1.54, 1.807) is 24.3 Å². The molecule has 1 aliphatic carbocycles. The van der Waals surface area contributed by atoms with Crippen LogP contribution in [0.25, 0.3) is 0 Å². The zero-order valence-corrected chi connectivity index (χ0v) is 12.3. The molecule has 0 aromatic heterocycles. The number of carbonyl (C=O) groups excluding carboxylic acids is 1. The summed E-state index contributed by atoms with van der Waals surface area (Å²) in [6, 6.07) is 6.81. The van der Waals surface area contributed by atoms with Crippen LogP contribution in [0.15, 0.2) is 24.3 Å². The highest BCUT2D eigenvalue weighted by Crippen LogP contribution is 2.28. The van der Waals surface area contributed by atoms with Crippen molar-refractivity contribution in [2.75, 3.05) is 11.1 Å². The number of hydrogen-bond acceptors (Lipinski definition) is 4. The van der Waals surface area contributed by atoms with Crippen LogP contribution in [0.1, 0.15) is 32.6 Å². The van der Waals surface area contributed by atoms with Crippen LogP contribution in [-0.2, 0) is 14.6 Å². The topological polar surface area (TPSA) is 89.3 Å². The maximum Gasteiger partial charge on any atom is 0.242 e. The Balaban J connectivity index is 2.11. The average molecular weight is 296 g/mol. The standard InChI is InChI=1S/C14H20N2O3S/c1-10(20(18,19)11-6-2-3-7-11)14(17)16-13-9-5-4-8-12(13)15/h4-5,8-11H,2-3,6-7,15H2,1H3,(H,16,17). The molecule has 0 radical (unpaired) electrons. The fourth-order valence-electron chi connectivity index (χ4n) is 2.50. The summed E-state index contributed by atoms with van der Waals surface area (Å²) in [5.41, 5.74) is 6.61. The smallest absolute Gasteiger partial charge is 0.242 e. The minimum atomic E-state index is -3.42. The highest BCUT2D eigenvalue weighted by molar-refractivity contribution is 7.93. The molecule has 3 N–H and O–H groups in total. The van der Waals surface area contributed by atoms with Crippen LogP contribution in [0.4, 0.5) is 11.4 Å². The summed E-state index contributed by atoms with van der Waals surface area (Å²) >= 11 is 0. The molecule has 20 heavy (non-hydrogen) atoms. The van der Waals surface area contributed by atoms with Gasteiger partial charge in [0.15, 0.2) is 9.84 Å². The Morgan fingerprint density at radius 1 is 1.30 bits per heavy atom. The molecule has 6 heteroatoms. The number of rotatable bonds is 4. The summed E-state index contributed by atoms with van der Waals surface area (Å²) in [4.78, 5) is 12.1. The molecule has 1 atom stereocenters. The van der Waals surface area contributed by atoms with E-state index in [-0.39, 0.29) is 5.25 Å². The molecule has 1 aliphatic rings. The third kappa shape index (κ3) is 2.95. The lowest BCUT2D eigenvalue weighted by molar-refractivity contribution is -0.115. The predicted octanol–water partition coefficient (Wildman–Crippen LogP) is 1.95. The van der Waals surface area contributed by atoms with E-state index >= 15 is 0 Å². The molecule has 0 bridgehead atoms. The Kier molecular flexibility index (Phi) is 4.32. The highest BCUT2D eigenvalue weighted by atomic mass is 32.2. The minimum absolute atomic E-state index is 0.378. The van der Waals surface area contributed by atoms with Crippen LogP contribution in [0, 0.1) is 0 Å². The molecular formula is C14H20N2O3S. The molecule has 1 aromatic carbocycles. The van der Waals surface area contributed by atoms with Crippen LogP contribution < -0.4 is 11.1 Å². The minimum Gasteiger partial charge on any atom is -0.397 e. The van der Waals surface area contributed by atoms with Crippen molar-refractivity contribution in [1.82, 2.24) is 0 Å². The van der Waals surface area contributed by atoms with Gasteiger partial charge in [0.1, 0.15) is 5.25 Å². The van der Waals surface area contributed by atoms with E-state index in [1.807, 2.05) is 0 Å². The van der Waals surface area contributed by atoms with Crippen molar-refractivity contribution in [2.24, 2.45) is 0 Å². The molecule has 2 rings (SSSR count). The van der Waals surface area contributed by atoms with E-state index in [9.17, 15) is 13.2 Å². The lowest BCUT2D eigenvalue weighted by Crippen LogP contribution is -2.37. The van der Waals surface area contributed by atoms with Gasteiger partial charge in [-0.05, 0) is 31.9 Å². The maximum absolute atomic E-state index is 12.4. The van der Waals surface area contributed by atoms with E-state index in [0.717, 1.165) is 12.8 Å². The van der Waals surface area contributed by atoms with Crippen molar-refractivity contribution >= 4 is 27.1 Å². The third-order valence-corrected chi connectivity index (χ3v) is 6.45. The monoisotopic (exact) mass is 296 g/mol. The molecule has 0 heterocycles. The first-order valence-corrected chi connectivity index (χ1v) is 8.42. The predicted molar refractivity (Wildman–Crippen MR) is 80.1 cm³/mol. The molecule has 0 spiro atoms. The molecule has 1 fully saturated rings. The van der Waals surface area contributed by atoms with Gasteiger partial charge >= 0.3 is 0 Å². The van der Waals surface area contributed by atoms with Crippen molar-refractivity contribution in [2.45, 2.75) is 43.1 Å². The van der Waals surface area contributed by atoms with Crippen LogP contribution in [0.5, 0.6) is 0 Å². The van der Waals surface area contributed by atoms with Crippen LogP contribution in [0.2, 0.25) is 0 Å². The highest BCUT2D eigenvalue weighted by Gasteiger charge is 2.37. The summed E-state index contributed by atoms with van der Waals surface area (Å²) in [6.45, 7) is 1.45. The molecule has 1 amide bonds. The second-order valence-corrected chi connectivity index (χ2v) is 7.77. The van der Waals surface area contributed by atoms with Gasteiger partial charge in [-0.2, -0.15) is 0 Å². The molecule has 0 saturated heterocycles. The van der Waals surface area contributed by atoms with Gasteiger partial charge in [-0.3, -0.25) is 4.79 Å². The van der Waals surface area contributed by atoms with Gasteiger partial charge in [0.2, 0.25) is 5.91 Å². The Morgan fingerprint density at radius 3 is 2.50 bits per heavy atom. The van der Waals surface area contributed by atoms with Crippen molar-refractivity contribution < 1.29 is 13.2 Å². The Bertz CT molecular complexity index is 592. The quantitative estimate of drug-likeness (QED) is 0.831. The number of nitrogens with one attached hydrogen (secondary N) is 1. The normalized spacial score (nSPS) is 17.9. The van der Waals surface area contributed by atoms with Gasteiger partial charge in [-0.15, -0.1) is 0 Å². The first kappa shape index (κ1) is 14.8. The van der Waals surface area contributed by atoms with Gasteiger partial charge in [0.25, 0.3) is 0 Å². The molecule has 1 saturated carbocycles. The van der Waals surface area contributed by atoms with Crippen molar-refractivity contribution in [3.8, 4) is 0 Å². The summed E-state index contributed by atoms with van der Waals surface area (Å²) < 4.78 is 24.7. The fourth-order valence-corrected chi connectivity index (χ4v) is 4.43. The molecule has 5 nitrogen and oxygen atoms in total. The van der Waals surface area contributed by atoms with Crippen LogP contribution >= 0.6 is 0 Å². The Morgan fingerprint density at radius 2 is 1.90 bits per heavy atom. The number of amides is 1. The Hall–Kier alpha value is -1.56. The molecule has 1 unspecified atom stereocenters. The Labute approximate surface area is 119 Å². The molecule has 110 valence electrons. The molecular weight excluding hydrogens is 276 g/mol. The fraction of sp³-hybridized carbons (Fsp3) is 0.500. The first-order chi connectivity index (χ1) is 9.43. The third-order valence-electron chi connectivity index (χ3n) is 3.85. The van der Waals surface area contributed by atoms with E-state index in [2.05, 4.69) is 5.32 Å². The number of hydrogen-bond donors (Lipinski definition) is 2. The summed E-state index contributed by atoms with van der Waals surface area (Å²) in [7, 11) is -3.42.